The van der Waals surface area contributed by atoms with Gasteiger partial charge in [0.2, 0.25) is 11.8 Å². The monoisotopic (exact) mass is 516 g/mol. The minimum atomic E-state index is -0.464. The van der Waals surface area contributed by atoms with Crippen molar-refractivity contribution >= 4 is 57.4 Å². The molecule has 0 unspecified atom stereocenters. The Labute approximate surface area is 219 Å². The van der Waals surface area contributed by atoms with Crippen LogP contribution in [0.15, 0.2) is 59.6 Å². The number of amides is 4. The highest BCUT2D eigenvalue weighted by molar-refractivity contribution is 8.18. The summed E-state index contributed by atoms with van der Waals surface area (Å²) in [5, 5.41) is 3.34. The molecule has 3 heterocycles. The molecular weight excluding hydrogens is 488 g/mol. The van der Waals surface area contributed by atoms with Crippen LogP contribution >= 0.6 is 11.8 Å². The lowest BCUT2D eigenvalue weighted by atomic mass is 10.1. The van der Waals surface area contributed by atoms with Crippen LogP contribution in [0.25, 0.3) is 17.0 Å². The molecule has 1 aromatic heterocycles. The first-order valence-corrected chi connectivity index (χ1v) is 13.2. The number of piperidine rings is 1. The summed E-state index contributed by atoms with van der Waals surface area (Å²) in [5.41, 5.74) is 3.35. The highest BCUT2D eigenvalue weighted by Gasteiger charge is 2.37. The van der Waals surface area contributed by atoms with E-state index in [-0.39, 0.29) is 29.8 Å². The second kappa shape index (κ2) is 10.6. The van der Waals surface area contributed by atoms with Crippen molar-refractivity contribution in [2.45, 2.75) is 32.7 Å². The lowest BCUT2D eigenvalue weighted by Gasteiger charge is -2.27. The van der Waals surface area contributed by atoms with E-state index in [1.165, 1.54) is 0 Å². The number of rotatable bonds is 6. The van der Waals surface area contributed by atoms with Crippen LogP contribution in [-0.2, 0) is 20.9 Å². The molecule has 4 amide bonds. The Morgan fingerprint density at radius 2 is 1.78 bits per heavy atom. The number of imide groups is 1. The number of benzene rings is 2. The van der Waals surface area contributed by atoms with Gasteiger partial charge in [-0.3, -0.25) is 24.1 Å². The summed E-state index contributed by atoms with van der Waals surface area (Å²) in [5.74, 6) is -0.830. The maximum Gasteiger partial charge on any atom is 0.294 e. The van der Waals surface area contributed by atoms with Gasteiger partial charge in [-0.2, -0.15) is 0 Å². The fourth-order valence-corrected chi connectivity index (χ4v) is 5.58. The molecule has 1 N–H and O–H groups in total. The van der Waals surface area contributed by atoms with E-state index >= 15 is 0 Å². The number of fused-ring (bicyclic) bond motifs is 1. The molecule has 2 fully saturated rings. The molecule has 190 valence electrons. The summed E-state index contributed by atoms with van der Waals surface area (Å²) < 4.78 is 1.83. The number of para-hydroxylation sites is 1. The SMILES string of the molecule is Cc1cccc(NC(=O)Cn2cc(/C=C3\SC(=O)N(CC(=O)N4CCCCC4)C3=O)c3ccccc32)c1. The smallest absolute Gasteiger partial charge is 0.294 e. The van der Waals surface area contributed by atoms with E-state index in [0.717, 1.165) is 63.6 Å². The quantitative estimate of drug-likeness (QED) is 0.482. The lowest BCUT2D eigenvalue weighted by Crippen LogP contribution is -2.44. The van der Waals surface area contributed by atoms with Crippen LogP contribution in [-0.4, -0.2) is 57.0 Å². The number of nitrogens with zero attached hydrogens (tertiary/aromatic N) is 3. The average molecular weight is 517 g/mol. The molecule has 2 aromatic carbocycles. The molecule has 0 spiro atoms. The maximum absolute atomic E-state index is 13.1. The van der Waals surface area contributed by atoms with Gasteiger partial charge in [0.25, 0.3) is 11.1 Å². The first-order valence-electron chi connectivity index (χ1n) is 12.4. The number of carbonyl (C=O) groups excluding carboxylic acids is 4. The third-order valence-electron chi connectivity index (χ3n) is 6.60. The van der Waals surface area contributed by atoms with E-state index in [1.807, 2.05) is 66.2 Å². The van der Waals surface area contributed by atoms with Crippen LogP contribution < -0.4 is 5.32 Å². The van der Waals surface area contributed by atoms with E-state index in [4.69, 9.17) is 0 Å². The number of carbonyl (C=O) groups is 4. The van der Waals surface area contributed by atoms with Gasteiger partial charge < -0.3 is 14.8 Å². The van der Waals surface area contributed by atoms with Crippen molar-refractivity contribution in [1.29, 1.82) is 0 Å². The van der Waals surface area contributed by atoms with E-state index in [0.29, 0.717) is 13.1 Å². The standard InChI is InChI=1S/C28H28N4O4S/c1-19-8-7-9-21(14-19)29-25(33)17-31-16-20(22-10-3-4-11-23(22)31)15-24-27(35)32(28(36)37-24)18-26(34)30-12-5-2-6-13-30/h3-4,7-11,14-16H,2,5-6,12-13,17-18H2,1H3,(H,29,33)/b24-15-. The zero-order valence-corrected chi connectivity index (χ0v) is 21.4. The van der Waals surface area contributed by atoms with Gasteiger partial charge in [0.1, 0.15) is 13.1 Å². The molecule has 0 radical (unpaired) electrons. The van der Waals surface area contributed by atoms with Crippen molar-refractivity contribution in [2.75, 3.05) is 25.0 Å². The number of aryl methyl sites for hydroxylation is 1. The molecule has 0 atom stereocenters. The Balaban J connectivity index is 1.35. The van der Waals surface area contributed by atoms with Crippen LogP contribution in [0.5, 0.6) is 0 Å². The first-order chi connectivity index (χ1) is 17.9. The topological polar surface area (TPSA) is 91.7 Å². The van der Waals surface area contributed by atoms with Crippen molar-refractivity contribution in [1.82, 2.24) is 14.4 Å². The predicted molar refractivity (Wildman–Crippen MR) is 145 cm³/mol. The zero-order chi connectivity index (χ0) is 25.9. The Kier molecular flexibility index (Phi) is 7.14. The van der Waals surface area contributed by atoms with Crippen molar-refractivity contribution in [3.63, 3.8) is 0 Å². The number of anilines is 1. The van der Waals surface area contributed by atoms with Crippen LogP contribution in [0.3, 0.4) is 0 Å². The number of hydrogen-bond acceptors (Lipinski definition) is 5. The molecular formula is C28H28N4O4S. The van der Waals surface area contributed by atoms with Crippen LogP contribution in [0.1, 0.15) is 30.4 Å². The van der Waals surface area contributed by atoms with E-state index in [9.17, 15) is 19.2 Å². The van der Waals surface area contributed by atoms with Crippen molar-refractivity contribution in [3.05, 3.63) is 70.8 Å². The Morgan fingerprint density at radius 3 is 2.57 bits per heavy atom. The normalized spacial score (nSPS) is 17.2. The molecule has 0 saturated carbocycles. The van der Waals surface area contributed by atoms with Crippen molar-refractivity contribution in [2.24, 2.45) is 0 Å². The summed E-state index contributed by atoms with van der Waals surface area (Å²) in [6, 6.07) is 15.2. The maximum atomic E-state index is 13.1. The molecule has 2 aliphatic rings. The third kappa shape index (κ3) is 5.46. The van der Waals surface area contributed by atoms with Gasteiger partial charge in [0.15, 0.2) is 0 Å². The highest BCUT2D eigenvalue weighted by Crippen LogP contribution is 2.34. The van der Waals surface area contributed by atoms with E-state index < -0.39 is 11.1 Å². The second-order valence-corrected chi connectivity index (χ2v) is 10.3. The minimum absolute atomic E-state index is 0.0914. The largest absolute Gasteiger partial charge is 0.341 e. The molecule has 37 heavy (non-hydrogen) atoms. The van der Waals surface area contributed by atoms with Gasteiger partial charge in [-0.25, -0.2) is 0 Å². The summed E-state index contributed by atoms with van der Waals surface area (Å²) >= 11 is 0.839. The fourth-order valence-electron chi connectivity index (χ4n) is 4.76. The van der Waals surface area contributed by atoms with Gasteiger partial charge in [0, 0.05) is 41.4 Å². The Morgan fingerprint density at radius 1 is 1.00 bits per heavy atom. The van der Waals surface area contributed by atoms with Gasteiger partial charge in [-0.1, -0.05) is 30.3 Å². The molecule has 0 aliphatic carbocycles. The molecule has 3 aromatic rings. The van der Waals surface area contributed by atoms with Crippen LogP contribution in [0.2, 0.25) is 0 Å². The van der Waals surface area contributed by atoms with Crippen molar-refractivity contribution < 1.29 is 19.2 Å². The van der Waals surface area contributed by atoms with Gasteiger partial charge in [-0.05, 0) is 67.8 Å². The lowest BCUT2D eigenvalue weighted by molar-refractivity contribution is -0.136. The van der Waals surface area contributed by atoms with Crippen LogP contribution in [0.4, 0.5) is 10.5 Å². The second-order valence-electron chi connectivity index (χ2n) is 9.36. The summed E-state index contributed by atoms with van der Waals surface area (Å²) in [4.78, 5) is 54.1. The summed E-state index contributed by atoms with van der Waals surface area (Å²) in [7, 11) is 0. The van der Waals surface area contributed by atoms with Crippen molar-refractivity contribution in [3.8, 4) is 0 Å². The van der Waals surface area contributed by atoms with Gasteiger partial charge >= 0.3 is 0 Å². The van der Waals surface area contributed by atoms with E-state index in [2.05, 4.69) is 5.32 Å². The molecule has 5 rings (SSSR count). The van der Waals surface area contributed by atoms with Gasteiger partial charge in [0.05, 0.1) is 4.91 Å². The van der Waals surface area contributed by atoms with E-state index in [1.54, 1.807) is 11.0 Å². The number of nitrogens with one attached hydrogen (secondary N) is 1. The third-order valence-corrected chi connectivity index (χ3v) is 7.50. The zero-order valence-electron chi connectivity index (χ0n) is 20.6. The summed E-state index contributed by atoms with van der Waals surface area (Å²) in [6.07, 6.45) is 6.47. The average Bonchev–Trinajstić information content (AvgIpc) is 3.36. The highest BCUT2D eigenvalue weighted by atomic mass is 32.2. The number of likely N-dealkylation sites (tertiary alicyclic amines) is 1. The predicted octanol–water partition coefficient (Wildman–Crippen LogP) is 4.64. The fraction of sp³-hybridized carbons (Fsp3) is 0.286. The molecule has 0 bridgehead atoms. The van der Waals surface area contributed by atoms with Gasteiger partial charge in [-0.15, -0.1) is 0 Å². The minimum Gasteiger partial charge on any atom is -0.341 e. The molecule has 2 saturated heterocycles. The number of aromatic nitrogens is 1. The van der Waals surface area contributed by atoms with Crippen LogP contribution in [0, 0.1) is 6.92 Å². The Hall–Kier alpha value is -3.85. The molecule has 9 heteroatoms. The molecule has 2 aliphatic heterocycles. The summed E-state index contributed by atoms with van der Waals surface area (Å²) in [6.45, 7) is 3.16. The number of thioether (sulfide) groups is 1. The number of hydrogen-bond donors (Lipinski definition) is 1. The Bertz CT molecular complexity index is 1420. The molecule has 8 nitrogen and oxygen atoms in total. The first kappa shape index (κ1) is 24.8.